The third kappa shape index (κ3) is 3.37. The van der Waals surface area contributed by atoms with Crippen LogP contribution >= 0.6 is 0 Å². The second-order valence-corrected chi connectivity index (χ2v) is 4.74. The van der Waals surface area contributed by atoms with Crippen molar-refractivity contribution in [1.82, 2.24) is 0 Å². The highest BCUT2D eigenvalue weighted by molar-refractivity contribution is 6.06. The van der Waals surface area contributed by atoms with E-state index in [-0.39, 0.29) is 13.2 Å². The molecule has 0 saturated carbocycles. The maximum atomic E-state index is 12.3. The van der Waals surface area contributed by atoms with Crippen LogP contribution in [0.15, 0.2) is 18.2 Å². The molecule has 0 fully saturated rings. The zero-order valence-corrected chi connectivity index (χ0v) is 13.1. The van der Waals surface area contributed by atoms with E-state index in [1.807, 2.05) is 0 Å². The summed E-state index contributed by atoms with van der Waals surface area (Å²) in [6, 6.07) is 4.66. The molecule has 0 amide bonds. The van der Waals surface area contributed by atoms with Gasteiger partial charge < -0.3 is 14.2 Å². The highest BCUT2D eigenvalue weighted by Crippen LogP contribution is 2.32. The predicted octanol–water partition coefficient (Wildman–Crippen LogP) is 2.24. The molecule has 6 heteroatoms. The molecule has 0 atom stereocenters. The van der Waals surface area contributed by atoms with Crippen molar-refractivity contribution in [3.8, 4) is 12.0 Å². The monoisotopic (exact) mass is 305 g/mol. The summed E-state index contributed by atoms with van der Waals surface area (Å²) in [5.74, 6) is -1.02. The Hall–Kier alpha value is -2.55. The quantitative estimate of drug-likeness (QED) is 0.455. The van der Waals surface area contributed by atoms with Crippen LogP contribution in [0.2, 0.25) is 0 Å². The Labute approximate surface area is 129 Å². The molecule has 1 aromatic carbocycles. The first-order chi connectivity index (χ1) is 10.4. The Balaban J connectivity index is 3.36. The first kappa shape index (κ1) is 17.5. The Morgan fingerprint density at radius 2 is 1.73 bits per heavy atom. The van der Waals surface area contributed by atoms with Crippen molar-refractivity contribution < 1.29 is 23.8 Å². The minimum atomic E-state index is -1.57. The summed E-state index contributed by atoms with van der Waals surface area (Å²) in [4.78, 5) is 24.7. The van der Waals surface area contributed by atoms with E-state index in [9.17, 15) is 9.59 Å². The first-order valence-corrected chi connectivity index (χ1v) is 6.93. The third-order valence-electron chi connectivity index (χ3n) is 3.27. The third-order valence-corrected chi connectivity index (χ3v) is 3.27. The molecule has 22 heavy (non-hydrogen) atoms. The van der Waals surface area contributed by atoms with Crippen molar-refractivity contribution >= 4 is 11.9 Å². The van der Waals surface area contributed by atoms with Gasteiger partial charge in [-0.15, -0.1) is 5.26 Å². The minimum Gasteiger partial charge on any atom is -0.465 e. The van der Waals surface area contributed by atoms with Crippen molar-refractivity contribution in [1.29, 1.82) is 5.26 Å². The standard InChI is InChI=1S/C16H19NO5/c1-5-20-14(18)16(4,15(19)21-6-2)13-8-7-12(22-10-17)9-11(13)3/h7-9H,5-6H2,1-4H3. The summed E-state index contributed by atoms with van der Waals surface area (Å²) in [5, 5.41) is 8.54. The van der Waals surface area contributed by atoms with E-state index in [1.165, 1.54) is 13.0 Å². The van der Waals surface area contributed by atoms with Crippen LogP contribution in [-0.4, -0.2) is 25.2 Å². The van der Waals surface area contributed by atoms with Crippen LogP contribution in [-0.2, 0) is 24.5 Å². The van der Waals surface area contributed by atoms with Gasteiger partial charge in [-0.25, -0.2) is 0 Å². The maximum absolute atomic E-state index is 12.3. The Morgan fingerprint density at radius 1 is 1.18 bits per heavy atom. The van der Waals surface area contributed by atoms with Crippen molar-refractivity contribution in [3.05, 3.63) is 29.3 Å². The van der Waals surface area contributed by atoms with Crippen LogP contribution < -0.4 is 4.74 Å². The van der Waals surface area contributed by atoms with E-state index in [0.717, 1.165) is 0 Å². The van der Waals surface area contributed by atoms with E-state index in [2.05, 4.69) is 0 Å². The van der Waals surface area contributed by atoms with E-state index in [4.69, 9.17) is 19.5 Å². The number of ether oxygens (including phenoxy) is 3. The summed E-state index contributed by atoms with van der Waals surface area (Å²) in [6.07, 6.45) is 1.57. The second kappa shape index (κ2) is 7.46. The fraction of sp³-hybridized carbons (Fsp3) is 0.438. The lowest BCUT2D eigenvalue weighted by Crippen LogP contribution is -2.44. The lowest BCUT2D eigenvalue weighted by atomic mass is 9.80. The van der Waals surface area contributed by atoms with Crippen LogP contribution in [0.1, 0.15) is 31.9 Å². The summed E-state index contributed by atoms with van der Waals surface area (Å²) in [7, 11) is 0. The van der Waals surface area contributed by atoms with Gasteiger partial charge in [0, 0.05) is 0 Å². The molecule has 1 rings (SSSR count). The van der Waals surface area contributed by atoms with Crippen LogP contribution in [0.5, 0.6) is 5.75 Å². The smallest absolute Gasteiger partial charge is 0.327 e. The number of benzene rings is 1. The zero-order chi connectivity index (χ0) is 16.8. The molecule has 0 saturated heterocycles. The fourth-order valence-corrected chi connectivity index (χ4v) is 2.17. The van der Waals surface area contributed by atoms with E-state index in [0.29, 0.717) is 16.9 Å². The Kier molecular flexibility index (Phi) is 5.93. The summed E-state index contributed by atoms with van der Waals surface area (Å²) < 4.78 is 14.8. The first-order valence-electron chi connectivity index (χ1n) is 6.93. The van der Waals surface area contributed by atoms with Crippen LogP contribution in [0, 0.1) is 18.4 Å². The van der Waals surface area contributed by atoms with Gasteiger partial charge in [0.15, 0.2) is 5.41 Å². The lowest BCUT2D eigenvalue weighted by Gasteiger charge is -2.27. The molecule has 0 unspecified atom stereocenters. The van der Waals surface area contributed by atoms with Gasteiger partial charge in [-0.05, 0) is 51.0 Å². The molecule has 0 bridgehead atoms. The molecule has 0 heterocycles. The fourth-order valence-electron chi connectivity index (χ4n) is 2.17. The molecule has 0 spiro atoms. The molecule has 0 N–H and O–H groups in total. The zero-order valence-electron chi connectivity index (χ0n) is 13.1. The number of carbonyl (C=O) groups excluding carboxylic acids is 2. The Bertz CT molecular complexity index is 585. The molecule has 1 aromatic rings. The van der Waals surface area contributed by atoms with Gasteiger partial charge in [0.25, 0.3) is 6.26 Å². The molecular formula is C16H19NO5. The van der Waals surface area contributed by atoms with Crippen molar-refractivity contribution in [2.75, 3.05) is 13.2 Å². The van der Waals surface area contributed by atoms with Crippen LogP contribution in [0.3, 0.4) is 0 Å². The normalized spacial score (nSPS) is 10.5. The molecule has 0 aliphatic heterocycles. The molecule has 0 aromatic heterocycles. The summed E-state index contributed by atoms with van der Waals surface area (Å²) in [5.41, 5.74) is -0.493. The van der Waals surface area contributed by atoms with Crippen molar-refractivity contribution in [2.24, 2.45) is 0 Å². The Morgan fingerprint density at radius 3 is 2.14 bits per heavy atom. The topological polar surface area (TPSA) is 85.6 Å². The molecule has 0 radical (unpaired) electrons. The highest BCUT2D eigenvalue weighted by atomic mass is 16.6. The average Bonchev–Trinajstić information content (AvgIpc) is 2.47. The number of rotatable bonds is 6. The van der Waals surface area contributed by atoms with Crippen LogP contribution in [0.25, 0.3) is 0 Å². The number of aryl methyl sites for hydroxylation is 1. The molecule has 6 nitrogen and oxygen atoms in total. The second-order valence-electron chi connectivity index (χ2n) is 4.74. The van der Waals surface area contributed by atoms with Crippen LogP contribution in [0.4, 0.5) is 0 Å². The van der Waals surface area contributed by atoms with Gasteiger partial charge >= 0.3 is 11.9 Å². The minimum absolute atomic E-state index is 0.155. The number of nitrogens with zero attached hydrogens (tertiary/aromatic N) is 1. The number of carbonyl (C=O) groups is 2. The average molecular weight is 305 g/mol. The predicted molar refractivity (Wildman–Crippen MR) is 78.0 cm³/mol. The lowest BCUT2D eigenvalue weighted by molar-refractivity contribution is -0.163. The van der Waals surface area contributed by atoms with Gasteiger partial charge in [0.05, 0.1) is 13.2 Å². The SMILES string of the molecule is CCOC(=O)C(C)(C(=O)OCC)c1ccc(OC#N)cc1C. The van der Waals surface area contributed by atoms with E-state index >= 15 is 0 Å². The van der Waals surface area contributed by atoms with Gasteiger partial charge in [0.2, 0.25) is 0 Å². The number of nitriles is 1. The summed E-state index contributed by atoms with van der Waals surface area (Å²) in [6.45, 7) is 6.83. The molecule has 118 valence electrons. The molecule has 0 aliphatic carbocycles. The van der Waals surface area contributed by atoms with Gasteiger partial charge in [-0.3, -0.25) is 9.59 Å². The number of hydrogen-bond donors (Lipinski definition) is 0. The van der Waals surface area contributed by atoms with Crippen molar-refractivity contribution in [2.45, 2.75) is 33.1 Å². The van der Waals surface area contributed by atoms with Crippen molar-refractivity contribution in [3.63, 3.8) is 0 Å². The largest absolute Gasteiger partial charge is 0.465 e. The van der Waals surface area contributed by atoms with Gasteiger partial charge in [-0.2, -0.15) is 0 Å². The van der Waals surface area contributed by atoms with Gasteiger partial charge in [0.1, 0.15) is 5.75 Å². The highest BCUT2D eigenvalue weighted by Gasteiger charge is 2.47. The molecular weight excluding hydrogens is 286 g/mol. The van der Waals surface area contributed by atoms with E-state index < -0.39 is 17.4 Å². The van der Waals surface area contributed by atoms with Gasteiger partial charge in [-0.1, -0.05) is 6.07 Å². The maximum Gasteiger partial charge on any atom is 0.327 e. The number of esters is 2. The number of hydrogen-bond acceptors (Lipinski definition) is 6. The summed E-state index contributed by atoms with van der Waals surface area (Å²) >= 11 is 0. The van der Waals surface area contributed by atoms with E-state index in [1.54, 1.807) is 39.2 Å². The molecule has 0 aliphatic rings.